The molecule has 0 aliphatic carbocycles. The van der Waals surface area contributed by atoms with E-state index in [2.05, 4.69) is 10.3 Å². The van der Waals surface area contributed by atoms with Crippen molar-refractivity contribution in [3.8, 4) is 5.75 Å². The third kappa shape index (κ3) is 6.72. The molecule has 0 spiro atoms. The number of carbonyl (C=O) groups is 2. The molecule has 0 fully saturated rings. The Labute approximate surface area is 185 Å². The number of hydrogen-bond donors (Lipinski definition) is 2. The molecule has 0 bridgehead atoms. The van der Waals surface area contributed by atoms with E-state index in [0.29, 0.717) is 35.2 Å². The van der Waals surface area contributed by atoms with Crippen molar-refractivity contribution < 1.29 is 14.3 Å². The highest BCUT2D eigenvalue weighted by Gasteiger charge is 2.19. The van der Waals surface area contributed by atoms with Gasteiger partial charge in [0.15, 0.2) is 0 Å². The summed E-state index contributed by atoms with van der Waals surface area (Å²) >= 11 is 6.23. The number of aromatic nitrogens is 1. The summed E-state index contributed by atoms with van der Waals surface area (Å²) < 4.78 is 5.78. The van der Waals surface area contributed by atoms with Crippen LogP contribution in [0.3, 0.4) is 0 Å². The van der Waals surface area contributed by atoms with Gasteiger partial charge in [0.25, 0.3) is 5.91 Å². The number of primary amides is 1. The summed E-state index contributed by atoms with van der Waals surface area (Å²) in [7, 11) is 0. The van der Waals surface area contributed by atoms with Crippen LogP contribution < -0.4 is 20.7 Å². The minimum absolute atomic E-state index is 0.0469. The van der Waals surface area contributed by atoms with E-state index in [1.54, 1.807) is 42.7 Å². The van der Waals surface area contributed by atoms with Gasteiger partial charge < -0.3 is 20.7 Å². The molecule has 2 aromatic carbocycles. The summed E-state index contributed by atoms with van der Waals surface area (Å²) in [5.41, 5.74) is 7.25. The first kappa shape index (κ1) is 22.1. The topological polar surface area (TPSA) is 97.6 Å². The molecule has 8 heteroatoms. The first-order valence-corrected chi connectivity index (χ1v) is 10.1. The van der Waals surface area contributed by atoms with Crippen molar-refractivity contribution in [1.29, 1.82) is 0 Å². The lowest BCUT2D eigenvalue weighted by atomic mass is 10.1. The number of halogens is 1. The molecule has 7 nitrogen and oxygen atoms in total. The van der Waals surface area contributed by atoms with Crippen molar-refractivity contribution in [2.24, 2.45) is 5.73 Å². The molecule has 1 heterocycles. The molecule has 31 heavy (non-hydrogen) atoms. The van der Waals surface area contributed by atoms with Crippen LogP contribution >= 0.6 is 11.6 Å². The highest BCUT2D eigenvalue weighted by atomic mass is 35.5. The zero-order valence-corrected chi connectivity index (χ0v) is 17.6. The van der Waals surface area contributed by atoms with E-state index >= 15 is 0 Å². The van der Waals surface area contributed by atoms with Gasteiger partial charge in [-0.1, -0.05) is 29.8 Å². The maximum absolute atomic E-state index is 13.2. The zero-order valence-electron chi connectivity index (χ0n) is 16.8. The number of rotatable bonds is 10. The van der Waals surface area contributed by atoms with Gasteiger partial charge in [0.2, 0.25) is 5.91 Å². The van der Waals surface area contributed by atoms with Gasteiger partial charge in [-0.05, 0) is 42.5 Å². The number of hydrogen-bond acceptors (Lipinski definition) is 5. The predicted molar refractivity (Wildman–Crippen MR) is 122 cm³/mol. The molecule has 3 rings (SSSR count). The Bertz CT molecular complexity index is 1020. The number of carbonyl (C=O) groups excluding carboxylic acids is 2. The van der Waals surface area contributed by atoms with Crippen LogP contribution in [0.15, 0.2) is 73.1 Å². The van der Waals surface area contributed by atoms with Crippen molar-refractivity contribution >= 4 is 34.8 Å². The highest BCUT2D eigenvalue weighted by Crippen LogP contribution is 2.24. The first-order valence-electron chi connectivity index (χ1n) is 9.75. The SMILES string of the molecule is NC(=O)CCN(C(=O)c1cc(Cl)cc(OCCNc2ccncc2)c1)c1ccccc1. The van der Waals surface area contributed by atoms with Crippen LogP contribution in [-0.4, -0.2) is 36.5 Å². The number of nitrogens with one attached hydrogen (secondary N) is 1. The molecule has 1 aromatic heterocycles. The van der Waals surface area contributed by atoms with Crippen molar-refractivity contribution in [3.05, 3.63) is 83.6 Å². The number of para-hydroxylation sites is 1. The van der Waals surface area contributed by atoms with E-state index < -0.39 is 5.91 Å². The number of amides is 2. The predicted octanol–water partition coefficient (Wildman–Crippen LogP) is 3.75. The summed E-state index contributed by atoms with van der Waals surface area (Å²) in [6, 6.07) is 17.7. The molecule has 0 aliphatic rings. The fourth-order valence-electron chi connectivity index (χ4n) is 2.94. The molecule has 3 aromatic rings. The summed E-state index contributed by atoms with van der Waals surface area (Å²) in [6.45, 7) is 1.10. The van der Waals surface area contributed by atoms with Crippen LogP contribution in [-0.2, 0) is 4.79 Å². The standard InChI is InChI=1S/C23H23ClN4O3/c24-18-14-17(15-21(16-18)31-13-11-27-19-6-9-26-10-7-19)23(30)28(12-8-22(25)29)20-4-2-1-3-5-20/h1-7,9-10,14-16H,8,11-13H2,(H2,25,29)(H,26,27). The van der Waals surface area contributed by atoms with Gasteiger partial charge in [-0.15, -0.1) is 0 Å². The number of nitrogens with two attached hydrogens (primary N) is 1. The van der Waals surface area contributed by atoms with Gasteiger partial charge >= 0.3 is 0 Å². The lowest BCUT2D eigenvalue weighted by Crippen LogP contribution is -2.34. The Kier molecular flexibility index (Phi) is 7.84. The second-order valence-electron chi connectivity index (χ2n) is 6.70. The molecule has 160 valence electrons. The minimum atomic E-state index is -0.481. The fourth-order valence-corrected chi connectivity index (χ4v) is 3.16. The normalized spacial score (nSPS) is 10.4. The number of ether oxygens (including phenoxy) is 1. The molecule has 0 aliphatic heterocycles. The number of anilines is 2. The second-order valence-corrected chi connectivity index (χ2v) is 7.13. The molecule has 0 atom stereocenters. The van der Waals surface area contributed by atoms with Gasteiger partial charge in [0.05, 0.1) is 0 Å². The molecule has 0 unspecified atom stereocenters. The van der Waals surface area contributed by atoms with Gasteiger partial charge in [-0.2, -0.15) is 0 Å². The van der Waals surface area contributed by atoms with Gasteiger partial charge in [-0.3, -0.25) is 14.6 Å². The van der Waals surface area contributed by atoms with Crippen molar-refractivity contribution in [2.75, 3.05) is 29.9 Å². The zero-order chi connectivity index (χ0) is 22.1. The summed E-state index contributed by atoms with van der Waals surface area (Å²) in [6.07, 6.45) is 3.45. The van der Waals surface area contributed by atoms with Crippen LogP contribution in [0.25, 0.3) is 0 Å². The summed E-state index contributed by atoms with van der Waals surface area (Å²) in [5, 5.41) is 3.60. The van der Waals surface area contributed by atoms with E-state index in [9.17, 15) is 9.59 Å². The quantitative estimate of drug-likeness (QED) is 0.470. The minimum Gasteiger partial charge on any atom is -0.492 e. The van der Waals surface area contributed by atoms with E-state index in [1.165, 1.54) is 4.90 Å². The lowest BCUT2D eigenvalue weighted by molar-refractivity contribution is -0.117. The molecule has 0 saturated heterocycles. The van der Waals surface area contributed by atoms with E-state index in [1.807, 2.05) is 30.3 Å². The third-order valence-corrected chi connectivity index (χ3v) is 4.61. The number of pyridine rings is 1. The lowest BCUT2D eigenvalue weighted by Gasteiger charge is -2.23. The Morgan fingerprint density at radius 2 is 1.81 bits per heavy atom. The maximum Gasteiger partial charge on any atom is 0.258 e. The molecule has 3 N–H and O–H groups in total. The largest absolute Gasteiger partial charge is 0.492 e. The Balaban J connectivity index is 1.70. The molecular weight excluding hydrogens is 416 g/mol. The monoisotopic (exact) mass is 438 g/mol. The number of nitrogens with zero attached hydrogens (tertiary/aromatic N) is 2. The fraction of sp³-hybridized carbons (Fsp3) is 0.174. The molecular formula is C23H23ClN4O3. The second kappa shape index (κ2) is 11.0. The van der Waals surface area contributed by atoms with Gasteiger partial charge in [0.1, 0.15) is 12.4 Å². The van der Waals surface area contributed by atoms with Crippen molar-refractivity contribution in [2.45, 2.75) is 6.42 Å². The van der Waals surface area contributed by atoms with E-state index in [0.717, 1.165) is 5.69 Å². The average molecular weight is 439 g/mol. The highest BCUT2D eigenvalue weighted by molar-refractivity contribution is 6.31. The van der Waals surface area contributed by atoms with Crippen LogP contribution in [0.2, 0.25) is 5.02 Å². The average Bonchev–Trinajstić information content (AvgIpc) is 2.77. The van der Waals surface area contributed by atoms with E-state index in [-0.39, 0.29) is 18.9 Å². The third-order valence-electron chi connectivity index (χ3n) is 4.39. The van der Waals surface area contributed by atoms with Crippen LogP contribution in [0.1, 0.15) is 16.8 Å². The van der Waals surface area contributed by atoms with E-state index in [4.69, 9.17) is 22.1 Å². The van der Waals surface area contributed by atoms with Crippen LogP contribution in [0.5, 0.6) is 5.75 Å². The first-order chi connectivity index (χ1) is 15.0. The van der Waals surface area contributed by atoms with Crippen LogP contribution in [0.4, 0.5) is 11.4 Å². The molecule has 0 saturated carbocycles. The Morgan fingerprint density at radius 3 is 2.52 bits per heavy atom. The van der Waals surface area contributed by atoms with Crippen LogP contribution in [0, 0.1) is 0 Å². The smallest absolute Gasteiger partial charge is 0.258 e. The Morgan fingerprint density at radius 1 is 1.06 bits per heavy atom. The van der Waals surface area contributed by atoms with Crippen molar-refractivity contribution in [1.82, 2.24) is 4.98 Å². The number of benzene rings is 2. The summed E-state index contributed by atoms with van der Waals surface area (Å²) in [4.78, 5) is 30.0. The summed E-state index contributed by atoms with van der Waals surface area (Å²) in [5.74, 6) is -0.296. The van der Waals surface area contributed by atoms with Gasteiger partial charge in [-0.25, -0.2) is 0 Å². The van der Waals surface area contributed by atoms with Gasteiger partial charge in [0, 0.05) is 53.9 Å². The molecule has 2 amide bonds. The maximum atomic E-state index is 13.2. The molecule has 0 radical (unpaired) electrons. The van der Waals surface area contributed by atoms with Crippen molar-refractivity contribution in [3.63, 3.8) is 0 Å². The Hall–Kier alpha value is -3.58.